The third-order valence-corrected chi connectivity index (χ3v) is 3.62. The first-order valence-electron chi connectivity index (χ1n) is 7.21. The molecular formula is C18H14ClN3O. The van der Waals surface area contributed by atoms with Crippen LogP contribution in [0.25, 0.3) is 11.5 Å². The van der Waals surface area contributed by atoms with E-state index < -0.39 is 0 Å². The second kappa shape index (κ2) is 6.99. The highest BCUT2D eigenvalue weighted by atomic mass is 35.5. The van der Waals surface area contributed by atoms with Crippen LogP contribution in [0.2, 0.25) is 5.02 Å². The smallest absolute Gasteiger partial charge is 0.232 e. The number of benzene rings is 2. The molecule has 0 unspecified atom stereocenters. The molecule has 0 bridgehead atoms. The summed E-state index contributed by atoms with van der Waals surface area (Å²) in [6, 6.07) is 19.3. The van der Waals surface area contributed by atoms with Gasteiger partial charge >= 0.3 is 0 Å². The van der Waals surface area contributed by atoms with Crippen molar-refractivity contribution < 1.29 is 4.42 Å². The Labute approximate surface area is 139 Å². The molecule has 0 atom stereocenters. The number of anilines is 1. The zero-order valence-electron chi connectivity index (χ0n) is 12.3. The summed E-state index contributed by atoms with van der Waals surface area (Å²) >= 11 is 5.87. The van der Waals surface area contributed by atoms with Crippen molar-refractivity contribution in [2.45, 2.75) is 6.42 Å². The van der Waals surface area contributed by atoms with Crippen molar-refractivity contribution in [1.29, 1.82) is 5.26 Å². The topological polar surface area (TPSA) is 61.9 Å². The minimum Gasteiger partial charge on any atom is -0.419 e. The minimum atomic E-state index is 0.253. The third-order valence-electron chi connectivity index (χ3n) is 3.37. The Bertz CT molecular complexity index is 820. The quantitative estimate of drug-likeness (QED) is 0.749. The van der Waals surface area contributed by atoms with Crippen molar-refractivity contribution in [3.05, 3.63) is 70.9 Å². The van der Waals surface area contributed by atoms with Crippen molar-refractivity contribution in [3.8, 4) is 17.5 Å². The number of hydrogen-bond acceptors (Lipinski definition) is 4. The molecule has 2 aromatic carbocycles. The largest absolute Gasteiger partial charge is 0.419 e. The standard InChI is InChI=1S/C18H14ClN3O/c19-15-8-6-14(7-9-15)17-22-16(12-20)18(23-17)21-11-10-13-4-2-1-3-5-13/h1-9,21H,10-11H2. The van der Waals surface area contributed by atoms with E-state index >= 15 is 0 Å². The van der Waals surface area contributed by atoms with Crippen molar-refractivity contribution in [3.63, 3.8) is 0 Å². The lowest BCUT2D eigenvalue weighted by atomic mass is 10.1. The molecule has 0 aliphatic carbocycles. The molecule has 3 aromatic rings. The van der Waals surface area contributed by atoms with Gasteiger partial charge in [-0.15, -0.1) is 0 Å². The molecule has 1 aromatic heterocycles. The molecule has 0 fully saturated rings. The van der Waals surface area contributed by atoms with Gasteiger partial charge in [-0.05, 0) is 36.2 Å². The van der Waals surface area contributed by atoms with Crippen LogP contribution in [0.4, 0.5) is 5.88 Å². The van der Waals surface area contributed by atoms with E-state index in [-0.39, 0.29) is 5.69 Å². The first kappa shape index (κ1) is 15.1. The summed E-state index contributed by atoms with van der Waals surface area (Å²) in [5, 5.41) is 13.0. The number of nitriles is 1. The molecule has 0 aliphatic heterocycles. The van der Waals surface area contributed by atoms with Gasteiger partial charge in [0.05, 0.1) is 0 Å². The summed E-state index contributed by atoms with van der Waals surface area (Å²) in [4.78, 5) is 4.22. The zero-order valence-corrected chi connectivity index (χ0v) is 13.0. The number of aromatic nitrogens is 1. The Morgan fingerprint density at radius 2 is 1.83 bits per heavy atom. The van der Waals surface area contributed by atoms with Gasteiger partial charge < -0.3 is 9.73 Å². The first-order valence-corrected chi connectivity index (χ1v) is 7.59. The molecule has 0 amide bonds. The maximum atomic E-state index is 9.21. The molecule has 23 heavy (non-hydrogen) atoms. The fraction of sp³-hybridized carbons (Fsp3) is 0.111. The number of halogens is 1. The van der Waals surface area contributed by atoms with E-state index in [4.69, 9.17) is 16.0 Å². The Hall–Kier alpha value is -2.77. The SMILES string of the molecule is N#Cc1nc(-c2ccc(Cl)cc2)oc1NCCc1ccccc1. The third kappa shape index (κ3) is 3.71. The summed E-state index contributed by atoms with van der Waals surface area (Å²) < 4.78 is 5.68. The number of nitrogens with one attached hydrogen (secondary N) is 1. The van der Waals surface area contributed by atoms with Gasteiger partial charge in [0.2, 0.25) is 17.5 Å². The van der Waals surface area contributed by atoms with Crippen LogP contribution in [-0.2, 0) is 6.42 Å². The van der Waals surface area contributed by atoms with Gasteiger partial charge in [-0.2, -0.15) is 10.2 Å². The van der Waals surface area contributed by atoms with Gasteiger partial charge in [0.15, 0.2) is 0 Å². The van der Waals surface area contributed by atoms with E-state index in [1.54, 1.807) is 12.1 Å². The highest BCUT2D eigenvalue weighted by Crippen LogP contribution is 2.26. The van der Waals surface area contributed by atoms with E-state index in [9.17, 15) is 5.26 Å². The van der Waals surface area contributed by atoms with E-state index in [0.717, 1.165) is 12.0 Å². The monoisotopic (exact) mass is 323 g/mol. The van der Waals surface area contributed by atoms with Crippen LogP contribution >= 0.6 is 11.6 Å². The molecule has 5 heteroatoms. The number of nitrogens with zero attached hydrogens (tertiary/aromatic N) is 2. The second-order valence-electron chi connectivity index (χ2n) is 4.98. The second-order valence-corrected chi connectivity index (χ2v) is 5.41. The van der Waals surface area contributed by atoms with Crippen LogP contribution in [0.5, 0.6) is 0 Å². The van der Waals surface area contributed by atoms with E-state index in [1.807, 2.05) is 30.3 Å². The van der Waals surface area contributed by atoms with Crippen LogP contribution < -0.4 is 5.32 Å². The average Bonchev–Trinajstić information content (AvgIpc) is 3.00. The van der Waals surface area contributed by atoms with Crippen LogP contribution in [0.1, 0.15) is 11.3 Å². The van der Waals surface area contributed by atoms with E-state index in [1.165, 1.54) is 5.56 Å². The zero-order chi connectivity index (χ0) is 16.1. The lowest BCUT2D eigenvalue weighted by Crippen LogP contribution is -2.05. The molecule has 0 saturated heterocycles. The number of rotatable bonds is 5. The lowest BCUT2D eigenvalue weighted by Gasteiger charge is -2.03. The van der Waals surface area contributed by atoms with Crippen LogP contribution in [0, 0.1) is 11.3 Å². The van der Waals surface area contributed by atoms with Gasteiger partial charge in [-0.3, -0.25) is 0 Å². The Kier molecular flexibility index (Phi) is 4.60. The van der Waals surface area contributed by atoms with Crippen molar-refractivity contribution in [2.75, 3.05) is 11.9 Å². The number of oxazole rings is 1. The van der Waals surface area contributed by atoms with Crippen molar-refractivity contribution in [2.24, 2.45) is 0 Å². The lowest BCUT2D eigenvalue weighted by molar-refractivity contribution is 0.585. The molecule has 4 nitrogen and oxygen atoms in total. The fourth-order valence-corrected chi connectivity index (χ4v) is 2.32. The Morgan fingerprint density at radius 3 is 2.52 bits per heavy atom. The van der Waals surface area contributed by atoms with Gasteiger partial charge in [0, 0.05) is 17.1 Å². The molecule has 114 valence electrons. The summed E-state index contributed by atoms with van der Waals surface area (Å²) in [6.45, 7) is 0.661. The van der Waals surface area contributed by atoms with E-state index in [0.29, 0.717) is 23.3 Å². The maximum absolute atomic E-state index is 9.21. The molecule has 1 heterocycles. The number of hydrogen-bond donors (Lipinski definition) is 1. The summed E-state index contributed by atoms with van der Waals surface area (Å²) in [7, 11) is 0. The maximum Gasteiger partial charge on any atom is 0.232 e. The molecule has 0 aliphatic rings. The van der Waals surface area contributed by atoms with Gasteiger partial charge in [0.1, 0.15) is 6.07 Å². The highest BCUT2D eigenvalue weighted by Gasteiger charge is 2.14. The first-order chi connectivity index (χ1) is 11.3. The van der Waals surface area contributed by atoms with Gasteiger partial charge in [0.25, 0.3) is 0 Å². The average molecular weight is 324 g/mol. The van der Waals surface area contributed by atoms with Gasteiger partial charge in [-0.25, -0.2) is 0 Å². The fourth-order valence-electron chi connectivity index (χ4n) is 2.20. The van der Waals surface area contributed by atoms with Crippen LogP contribution in [0.3, 0.4) is 0 Å². The van der Waals surface area contributed by atoms with E-state index in [2.05, 4.69) is 28.5 Å². The normalized spacial score (nSPS) is 10.3. The summed E-state index contributed by atoms with van der Waals surface area (Å²) in [5.74, 6) is 0.800. The highest BCUT2D eigenvalue weighted by molar-refractivity contribution is 6.30. The van der Waals surface area contributed by atoms with Crippen molar-refractivity contribution >= 4 is 17.5 Å². The molecule has 3 rings (SSSR count). The molecule has 0 saturated carbocycles. The summed E-state index contributed by atoms with van der Waals surface area (Å²) in [6.07, 6.45) is 0.836. The molecule has 0 radical (unpaired) electrons. The molecular weight excluding hydrogens is 310 g/mol. The summed E-state index contributed by atoms with van der Waals surface area (Å²) in [5.41, 5.74) is 2.25. The van der Waals surface area contributed by atoms with Crippen LogP contribution in [-0.4, -0.2) is 11.5 Å². The Morgan fingerprint density at radius 1 is 1.09 bits per heavy atom. The predicted molar refractivity (Wildman–Crippen MR) is 90.3 cm³/mol. The molecule has 1 N–H and O–H groups in total. The van der Waals surface area contributed by atoms with Gasteiger partial charge in [-0.1, -0.05) is 41.9 Å². The Balaban J connectivity index is 1.72. The minimum absolute atomic E-state index is 0.253. The van der Waals surface area contributed by atoms with Crippen LogP contribution in [0.15, 0.2) is 59.0 Å². The van der Waals surface area contributed by atoms with Crippen molar-refractivity contribution in [1.82, 2.24) is 4.98 Å². The predicted octanol–water partition coefficient (Wildman–Crippen LogP) is 4.52. The molecule has 0 spiro atoms.